The number of carbonyl (C=O) groups excluding carboxylic acids is 1. The Hall–Kier alpha value is -1.42. The second-order valence-electron chi connectivity index (χ2n) is 3.36. The molecule has 1 aromatic rings. The molecule has 1 atom stereocenters. The maximum Gasteiger partial charge on any atom is 0.219 e. The van der Waals surface area contributed by atoms with Gasteiger partial charge in [-0.3, -0.25) is 9.78 Å². The summed E-state index contributed by atoms with van der Waals surface area (Å²) in [5.74, 6) is -0.0274. The molecule has 1 unspecified atom stereocenters. The van der Waals surface area contributed by atoms with E-state index in [0.29, 0.717) is 13.1 Å². The molecule has 1 rings (SSSR count). The summed E-state index contributed by atoms with van der Waals surface area (Å²) >= 11 is 0. The number of pyridine rings is 1. The summed E-state index contributed by atoms with van der Waals surface area (Å²) in [5, 5.41) is 9.84. The molecule has 1 aromatic heterocycles. The average Bonchev–Trinajstić information content (AvgIpc) is 2.26. The van der Waals surface area contributed by atoms with E-state index in [1.54, 1.807) is 29.4 Å². The third-order valence-corrected chi connectivity index (χ3v) is 2.29. The lowest BCUT2D eigenvalue weighted by molar-refractivity contribution is -0.130. The molecule has 0 aliphatic heterocycles. The molecule has 82 valence electrons. The highest BCUT2D eigenvalue weighted by Gasteiger charge is 2.13. The predicted octanol–water partition coefficient (Wildman–Crippen LogP) is 0.983. The van der Waals surface area contributed by atoms with Gasteiger partial charge in [-0.05, 0) is 13.0 Å². The zero-order valence-electron chi connectivity index (χ0n) is 9.05. The van der Waals surface area contributed by atoms with Gasteiger partial charge in [0.2, 0.25) is 5.91 Å². The fourth-order valence-electron chi connectivity index (χ4n) is 1.37. The highest BCUT2D eigenvalue weighted by molar-refractivity contribution is 5.73. The van der Waals surface area contributed by atoms with Crippen molar-refractivity contribution >= 4 is 5.91 Å². The number of hydrogen-bond donors (Lipinski definition) is 1. The van der Waals surface area contributed by atoms with Gasteiger partial charge in [-0.15, -0.1) is 0 Å². The second-order valence-corrected chi connectivity index (χ2v) is 3.36. The van der Waals surface area contributed by atoms with Gasteiger partial charge in [0.15, 0.2) is 0 Å². The van der Waals surface area contributed by atoms with Crippen molar-refractivity contribution in [2.24, 2.45) is 0 Å². The maximum absolute atomic E-state index is 11.1. The molecule has 0 aromatic carbocycles. The number of nitrogens with zero attached hydrogens (tertiary/aromatic N) is 2. The summed E-state index contributed by atoms with van der Waals surface area (Å²) in [6, 6.07) is 3.56. The largest absolute Gasteiger partial charge is 0.386 e. The first-order chi connectivity index (χ1) is 7.15. The highest BCUT2D eigenvalue weighted by atomic mass is 16.3. The second kappa shape index (κ2) is 5.46. The van der Waals surface area contributed by atoms with Crippen LogP contribution in [-0.2, 0) is 4.79 Å². The molecule has 1 N–H and O–H groups in total. The lowest BCUT2D eigenvalue weighted by Gasteiger charge is -2.22. The fraction of sp³-hybridized carbons (Fsp3) is 0.455. The van der Waals surface area contributed by atoms with Gasteiger partial charge in [-0.2, -0.15) is 0 Å². The van der Waals surface area contributed by atoms with E-state index < -0.39 is 6.10 Å². The SMILES string of the molecule is CCN(CC(O)c1cccnc1)C(C)=O. The molecule has 0 aliphatic carbocycles. The number of amides is 1. The van der Waals surface area contributed by atoms with Crippen LogP contribution in [0, 0.1) is 0 Å². The van der Waals surface area contributed by atoms with E-state index in [1.807, 2.05) is 6.92 Å². The Labute approximate surface area is 89.6 Å². The Bertz CT molecular complexity index is 314. The third-order valence-electron chi connectivity index (χ3n) is 2.29. The van der Waals surface area contributed by atoms with Crippen LogP contribution in [-0.4, -0.2) is 34.0 Å². The van der Waals surface area contributed by atoms with Crippen molar-refractivity contribution < 1.29 is 9.90 Å². The zero-order valence-corrected chi connectivity index (χ0v) is 9.05. The van der Waals surface area contributed by atoms with Crippen LogP contribution in [0.5, 0.6) is 0 Å². The van der Waals surface area contributed by atoms with E-state index in [4.69, 9.17) is 0 Å². The molecule has 0 saturated carbocycles. The molecule has 15 heavy (non-hydrogen) atoms. The van der Waals surface area contributed by atoms with Crippen LogP contribution in [0.15, 0.2) is 24.5 Å². The van der Waals surface area contributed by atoms with Crippen LogP contribution >= 0.6 is 0 Å². The van der Waals surface area contributed by atoms with Crippen LogP contribution in [0.2, 0.25) is 0 Å². The smallest absolute Gasteiger partial charge is 0.219 e. The van der Waals surface area contributed by atoms with Crippen molar-refractivity contribution in [1.82, 2.24) is 9.88 Å². The van der Waals surface area contributed by atoms with Gasteiger partial charge in [0.05, 0.1) is 12.6 Å². The van der Waals surface area contributed by atoms with E-state index in [2.05, 4.69) is 4.98 Å². The van der Waals surface area contributed by atoms with Crippen LogP contribution in [0.3, 0.4) is 0 Å². The number of aliphatic hydroxyl groups is 1. The fourth-order valence-corrected chi connectivity index (χ4v) is 1.37. The van der Waals surface area contributed by atoms with Crippen LogP contribution in [0.25, 0.3) is 0 Å². The van der Waals surface area contributed by atoms with Gasteiger partial charge in [0.25, 0.3) is 0 Å². The number of aliphatic hydroxyl groups excluding tert-OH is 1. The minimum Gasteiger partial charge on any atom is -0.386 e. The summed E-state index contributed by atoms with van der Waals surface area (Å²) in [5.41, 5.74) is 0.734. The first kappa shape index (κ1) is 11.7. The molecule has 0 fully saturated rings. The Balaban J connectivity index is 2.62. The monoisotopic (exact) mass is 208 g/mol. The molecule has 0 saturated heterocycles. The average molecular weight is 208 g/mol. The molecule has 1 amide bonds. The minimum absolute atomic E-state index is 0.0274. The quantitative estimate of drug-likeness (QED) is 0.802. The van der Waals surface area contributed by atoms with Crippen molar-refractivity contribution in [2.45, 2.75) is 20.0 Å². The zero-order chi connectivity index (χ0) is 11.3. The summed E-state index contributed by atoms with van der Waals surface area (Å²) in [7, 11) is 0. The molecule has 1 heterocycles. The van der Waals surface area contributed by atoms with Crippen molar-refractivity contribution in [3.8, 4) is 0 Å². The normalized spacial score (nSPS) is 12.2. The molecule has 4 heteroatoms. The van der Waals surface area contributed by atoms with Gasteiger partial charge in [-0.1, -0.05) is 6.07 Å². The van der Waals surface area contributed by atoms with E-state index >= 15 is 0 Å². The van der Waals surface area contributed by atoms with Crippen LogP contribution in [0.1, 0.15) is 25.5 Å². The van der Waals surface area contributed by atoms with Gasteiger partial charge in [-0.25, -0.2) is 0 Å². The molecule has 0 spiro atoms. The molecule has 0 bridgehead atoms. The molecule has 0 aliphatic rings. The Morgan fingerprint density at radius 3 is 2.87 bits per heavy atom. The summed E-state index contributed by atoms with van der Waals surface area (Å²) < 4.78 is 0. The molecule has 0 radical (unpaired) electrons. The molecular weight excluding hydrogens is 192 g/mol. The first-order valence-electron chi connectivity index (χ1n) is 4.98. The van der Waals surface area contributed by atoms with Crippen molar-refractivity contribution in [2.75, 3.05) is 13.1 Å². The van der Waals surface area contributed by atoms with E-state index in [0.717, 1.165) is 5.56 Å². The Morgan fingerprint density at radius 2 is 2.40 bits per heavy atom. The first-order valence-corrected chi connectivity index (χ1v) is 4.98. The lowest BCUT2D eigenvalue weighted by atomic mass is 10.1. The molecular formula is C11H16N2O2. The van der Waals surface area contributed by atoms with Crippen molar-refractivity contribution in [3.05, 3.63) is 30.1 Å². The number of rotatable bonds is 4. The Kier molecular flexibility index (Phi) is 4.24. The van der Waals surface area contributed by atoms with Gasteiger partial charge < -0.3 is 10.0 Å². The molecule has 4 nitrogen and oxygen atoms in total. The topological polar surface area (TPSA) is 53.4 Å². The van der Waals surface area contributed by atoms with Crippen molar-refractivity contribution in [1.29, 1.82) is 0 Å². The standard InChI is InChI=1S/C11H16N2O2/c1-3-13(9(2)14)8-11(15)10-5-4-6-12-7-10/h4-7,11,15H,3,8H2,1-2H3. The summed E-state index contributed by atoms with van der Waals surface area (Å²) in [6.07, 6.45) is 2.60. The van der Waals surface area contributed by atoms with Crippen molar-refractivity contribution in [3.63, 3.8) is 0 Å². The summed E-state index contributed by atoms with van der Waals surface area (Å²) in [6.45, 7) is 4.31. The van der Waals surface area contributed by atoms with E-state index in [9.17, 15) is 9.90 Å². The van der Waals surface area contributed by atoms with E-state index in [-0.39, 0.29) is 5.91 Å². The maximum atomic E-state index is 11.1. The van der Waals surface area contributed by atoms with Crippen LogP contribution < -0.4 is 0 Å². The number of aromatic nitrogens is 1. The van der Waals surface area contributed by atoms with E-state index in [1.165, 1.54) is 6.92 Å². The number of carbonyl (C=O) groups is 1. The lowest BCUT2D eigenvalue weighted by Crippen LogP contribution is -2.32. The Morgan fingerprint density at radius 1 is 1.67 bits per heavy atom. The van der Waals surface area contributed by atoms with Gasteiger partial charge >= 0.3 is 0 Å². The number of hydrogen-bond acceptors (Lipinski definition) is 3. The number of likely N-dealkylation sites (N-methyl/N-ethyl adjacent to an activating group) is 1. The summed E-state index contributed by atoms with van der Waals surface area (Å²) in [4.78, 5) is 16.7. The predicted molar refractivity (Wildman–Crippen MR) is 57.1 cm³/mol. The minimum atomic E-state index is -0.664. The van der Waals surface area contributed by atoms with Gasteiger partial charge in [0.1, 0.15) is 0 Å². The van der Waals surface area contributed by atoms with Gasteiger partial charge in [0, 0.05) is 31.4 Å². The third kappa shape index (κ3) is 3.32. The highest BCUT2D eigenvalue weighted by Crippen LogP contribution is 2.12. The van der Waals surface area contributed by atoms with Crippen LogP contribution in [0.4, 0.5) is 0 Å².